The average Bonchev–Trinajstić information content (AvgIpc) is 1.76. The smallest absolute Gasteiger partial charge is 0.255 e. The topological polar surface area (TPSA) is 310 Å². The second-order valence-electron chi connectivity index (χ2n) is 25.9. The Hall–Kier alpha value is -8.80. The number of rotatable bonds is 34. The zero-order chi connectivity index (χ0) is 68.1. The van der Waals surface area contributed by atoms with E-state index in [1.807, 2.05) is 74.5 Å². The molecule has 96 heavy (non-hydrogen) atoms. The van der Waals surface area contributed by atoms with Crippen molar-refractivity contribution in [3.05, 3.63) is 164 Å². The summed E-state index contributed by atoms with van der Waals surface area (Å²) in [4.78, 5) is 143. The van der Waals surface area contributed by atoms with Crippen LogP contribution in [0.15, 0.2) is 131 Å². The van der Waals surface area contributed by atoms with Gasteiger partial charge in [-0.25, -0.2) is 0 Å². The minimum atomic E-state index is -1.74. The quantitative estimate of drug-likeness (QED) is 0.0205. The SMILES string of the molecule is CC[C@H](NC)C(=O)N[C@@H]1C(=O)N2[C@@H](CC[C@@H]1CNC(=O)CCCNc1c(NCCCCNC(=O)C(NC(=O)[C@@H]3CC[C@@H]4CC[C@H](CCNCc5ccccc5)[C@H](NC(=O)[C@H](CC)NC)C(=O)N43)(c3ccccc3)c3ccccc3)c(=O)c1=O)CC[C@H]2C(=O)NCc1ccccc1. The van der Waals surface area contributed by atoms with Crippen LogP contribution in [0.25, 0.3) is 0 Å². The Morgan fingerprint density at radius 2 is 0.958 bits per heavy atom. The van der Waals surface area contributed by atoms with E-state index in [1.165, 1.54) is 0 Å². The third-order valence-corrected chi connectivity index (χ3v) is 19.9. The van der Waals surface area contributed by atoms with E-state index in [9.17, 15) is 33.6 Å². The van der Waals surface area contributed by atoms with Crippen molar-refractivity contribution in [3.8, 4) is 0 Å². The molecule has 0 bridgehead atoms. The van der Waals surface area contributed by atoms with Gasteiger partial charge in [0.2, 0.25) is 41.4 Å². The van der Waals surface area contributed by atoms with Gasteiger partial charge in [-0.05, 0) is 139 Å². The molecule has 514 valence electrons. The highest BCUT2D eigenvalue weighted by Crippen LogP contribution is 2.38. The highest BCUT2D eigenvalue weighted by Gasteiger charge is 2.52. The second kappa shape index (κ2) is 34.7. The number of hydrogen-bond acceptors (Lipinski definition) is 15. The Bertz CT molecular complexity index is 3450. The maximum Gasteiger partial charge on any atom is 0.255 e. The minimum absolute atomic E-state index is 0.0662. The second-order valence-corrected chi connectivity index (χ2v) is 25.9. The maximum absolute atomic E-state index is 15.2. The lowest BCUT2D eigenvalue weighted by molar-refractivity contribution is -0.145. The minimum Gasteiger partial charge on any atom is -0.380 e. The Labute approximate surface area is 562 Å². The van der Waals surface area contributed by atoms with Gasteiger partial charge in [0, 0.05) is 63.7 Å². The average molecular weight is 1320 g/mol. The molecule has 0 spiro atoms. The highest BCUT2D eigenvalue weighted by molar-refractivity contribution is 6.00. The first-order valence-electron chi connectivity index (χ1n) is 34.6. The van der Waals surface area contributed by atoms with Gasteiger partial charge in [0.15, 0.2) is 5.54 Å². The summed E-state index contributed by atoms with van der Waals surface area (Å²) in [6.45, 7) is 6.13. The molecular formula is C73H97N13O10. The largest absolute Gasteiger partial charge is 0.380 e. The summed E-state index contributed by atoms with van der Waals surface area (Å²) in [5, 5.41) is 34.1. The van der Waals surface area contributed by atoms with Gasteiger partial charge < -0.3 is 68.3 Å². The van der Waals surface area contributed by atoms with Crippen LogP contribution in [0.2, 0.25) is 0 Å². The molecule has 10 atom stereocenters. The standard InChI is InChI=1S/C73H97N13O10/c1-5-55(74-3)66(90)82-60-49(39-43-76-44-47-22-11-7-12-23-47)31-33-53-36-38-58(86(53)70(60)94)69(93)84-73(51-26-15-9-16-27-51,52-28-17-10-18-29-52)72(96)79-41-20-19-40-77-62-63(65(89)64(62)88)78-42-21-30-59(87)80-46-50-32-34-54-35-37-57(68(92)81-45-48-24-13-8-14-25-48)85(54)71(95)61(50)83-67(91)56(6-2)75-4/h7-18,22-29,49-50,53-58,60-61,74-78H,5-6,19-21,30-46H2,1-4H3,(H,79,96)(H,80,87)(H,81,92)(H,82,90)(H,83,91)(H,84,93)/t49-,50-,53+,54+,55+,56+,57+,58+,60+,61+/m1/s1. The zero-order valence-electron chi connectivity index (χ0n) is 55.9. The molecule has 9 rings (SSSR count). The lowest BCUT2D eigenvalue weighted by atomic mass is 9.81. The van der Waals surface area contributed by atoms with E-state index >= 15 is 14.4 Å². The van der Waals surface area contributed by atoms with Crippen LogP contribution < -0.4 is 69.3 Å². The molecule has 4 fully saturated rings. The summed E-state index contributed by atoms with van der Waals surface area (Å²) in [5.41, 5.74) is 0.238. The molecule has 4 heterocycles. The van der Waals surface area contributed by atoms with Crippen molar-refractivity contribution in [2.75, 3.05) is 57.5 Å². The van der Waals surface area contributed by atoms with E-state index in [2.05, 4.69) is 70.6 Å². The van der Waals surface area contributed by atoms with E-state index in [0.29, 0.717) is 121 Å². The van der Waals surface area contributed by atoms with Crippen molar-refractivity contribution in [1.82, 2.24) is 57.7 Å². The van der Waals surface area contributed by atoms with E-state index in [1.54, 1.807) is 72.4 Å². The van der Waals surface area contributed by atoms with Gasteiger partial charge in [-0.3, -0.25) is 47.9 Å². The number of carbonyl (C=O) groups is 8. The fraction of sp³-hybridized carbons (Fsp3) is 0.507. The number of carbonyl (C=O) groups excluding carboxylic acids is 8. The maximum atomic E-state index is 15.2. The van der Waals surface area contributed by atoms with Crippen LogP contribution in [0, 0.1) is 11.8 Å². The Balaban J connectivity index is 0.779. The van der Waals surface area contributed by atoms with Crippen molar-refractivity contribution < 1.29 is 38.4 Å². The molecule has 4 aliphatic rings. The number of amides is 8. The van der Waals surface area contributed by atoms with Crippen LogP contribution in [0.5, 0.6) is 0 Å². The lowest BCUT2D eigenvalue weighted by Gasteiger charge is -2.38. The molecule has 8 amide bonds. The molecule has 0 aromatic heterocycles. The first-order valence-corrected chi connectivity index (χ1v) is 34.6. The fourth-order valence-electron chi connectivity index (χ4n) is 14.4. The molecule has 0 saturated carbocycles. The van der Waals surface area contributed by atoms with Crippen molar-refractivity contribution in [3.63, 3.8) is 0 Å². The number of likely N-dealkylation sites (N-methyl/N-ethyl adjacent to an activating group) is 2. The van der Waals surface area contributed by atoms with Crippen LogP contribution in [-0.4, -0.2) is 152 Å². The van der Waals surface area contributed by atoms with Gasteiger partial charge in [0.25, 0.3) is 16.8 Å². The van der Waals surface area contributed by atoms with Crippen LogP contribution in [0.4, 0.5) is 11.4 Å². The lowest BCUT2D eigenvalue weighted by Crippen LogP contribution is -2.62. The Kier molecular flexibility index (Phi) is 25.9. The van der Waals surface area contributed by atoms with Crippen molar-refractivity contribution in [1.29, 1.82) is 0 Å². The normalized spacial score (nSPS) is 21.5. The third-order valence-electron chi connectivity index (χ3n) is 19.9. The molecule has 0 aliphatic carbocycles. The van der Waals surface area contributed by atoms with Crippen LogP contribution in [0.1, 0.15) is 132 Å². The summed E-state index contributed by atoms with van der Waals surface area (Å²) < 4.78 is 0. The predicted molar refractivity (Wildman–Crippen MR) is 369 cm³/mol. The fourth-order valence-corrected chi connectivity index (χ4v) is 14.4. The number of nitrogens with one attached hydrogen (secondary N) is 11. The van der Waals surface area contributed by atoms with Crippen LogP contribution in [0.3, 0.4) is 0 Å². The molecule has 4 aliphatic heterocycles. The molecule has 23 nitrogen and oxygen atoms in total. The summed E-state index contributed by atoms with van der Waals surface area (Å²) in [6, 6.07) is 32.6. The number of benzene rings is 4. The molecule has 5 aromatic rings. The molecular weight excluding hydrogens is 1220 g/mol. The van der Waals surface area contributed by atoms with Crippen LogP contribution in [-0.2, 0) is 57.0 Å². The summed E-state index contributed by atoms with van der Waals surface area (Å²) in [7, 11) is 3.39. The van der Waals surface area contributed by atoms with Gasteiger partial charge >= 0.3 is 0 Å². The molecule has 0 radical (unpaired) electrons. The Morgan fingerprint density at radius 3 is 1.48 bits per heavy atom. The number of anilines is 2. The van der Waals surface area contributed by atoms with Crippen LogP contribution >= 0.6 is 0 Å². The molecule has 0 unspecified atom stereocenters. The van der Waals surface area contributed by atoms with Crippen molar-refractivity contribution in [2.45, 2.75) is 177 Å². The summed E-state index contributed by atoms with van der Waals surface area (Å²) >= 11 is 0. The third kappa shape index (κ3) is 17.2. The first kappa shape index (κ1) is 71.5. The van der Waals surface area contributed by atoms with Gasteiger partial charge in [-0.1, -0.05) is 135 Å². The zero-order valence-corrected chi connectivity index (χ0v) is 55.9. The van der Waals surface area contributed by atoms with E-state index in [0.717, 1.165) is 11.1 Å². The van der Waals surface area contributed by atoms with Gasteiger partial charge in [-0.15, -0.1) is 0 Å². The summed E-state index contributed by atoms with van der Waals surface area (Å²) in [5.74, 6) is -3.47. The molecule has 11 N–H and O–H groups in total. The summed E-state index contributed by atoms with van der Waals surface area (Å²) in [6.07, 6.45) is 7.42. The number of nitrogens with zero attached hydrogens (tertiary/aromatic N) is 2. The molecule has 23 heteroatoms. The highest BCUT2D eigenvalue weighted by atomic mass is 16.2. The molecule has 5 aromatic carbocycles. The van der Waals surface area contributed by atoms with Gasteiger partial charge in [0.05, 0.1) is 12.1 Å². The van der Waals surface area contributed by atoms with Crippen molar-refractivity contribution >= 4 is 58.6 Å². The van der Waals surface area contributed by atoms with Gasteiger partial charge in [-0.2, -0.15) is 0 Å². The number of unbranched alkanes of at least 4 members (excludes halogenated alkanes) is 1. The predicted octanol–water partition coefficient (Wildman–Crippen LogP) is 3.96. The Morgan fingerprint density at radius 1 is 0.500 bits per heavy atom. The number of hydrogen-bond donors (Lipinski definition) is 11. The van der Waals surface area contributed by atoms with E-state index in [-0.39, 0.29) is 97.4 Å². The van der Waals surface area contributed by atoms with E-state index < -0.39 is 70.4 Å². The first-order chi connectivity index (χ1) is 46.6. The van der Waals surface area contributed by atoms with Crippen molar-refractivity contribution in [2.24, 2.45) is 11.8 Å². The van der Waals surface area contributed by atoms with Gasteiger partial charge in [0.1, 0.15) is 35.5 Å². The molecule has 4 saturated heterocycles. The number of fused-ring (bicyclic) bond motifs is 2. The van der Waals surface area contributed by atoms with E-state index in [4.69, 9.17) is 0 Å². The monoisotopic (exact) mass is 1320 g/mol.